The second-order valence-corrected chi connectivity index (χ2v) is 8.49. The highest BCUT2D eigenvalue weighted by Gasteiger charge is 2.46. The third kappa shape index (κ3) is 3.21. The fourth-order valence-corrected chi connectivity index (χ4v) is 4.72. The molecule has 2 aromatic heterocycles. The SMILES string of the molecule is COc1ccc(OC)c(C2c3c(oc4cc(OC)ccc4c3=O)C(=O)N2c2nnc(C)s2)c1. The van der Waals surface area contributed by atoms with Crippen LogP contribution in [-0.4, -0.2) is 37.4 Å². The van der Waals surface area contributed by atoms with Crippen molar-refractivity contribution in [2.75, 3.05) is 26.2 Å². The zero-order valence-corrected chi connectivity index (χ0v) is 19.1. The number of aromatic nitrogens is 2. The number of carbonyl (C=O) groups excluding carboxylic acids is 1. The van der Waals surface area contributed by atoms with Gasteiger partial charge in [-0.15, -0.1) is 10.2 Å². The maximum Gasteiger partial charge on any atom is 0.297 e. The van der Waals surface area contributed by atoms with Crippen LogP contribution in [0.5, 0.6) is 17.2 Å². The number of aryl methyl sites for hydroxylation is 1. The Hall–Kier alpha value is -3.92. The standard InChI is InChI=1S/C23H19N3O6S/c1-11-24-25-23(33-11)26-19(15-9-12(29-2)6-8-16(15)31-4)18-20(27)14-7-5-13(30-3)10-17(14)32-21(18)22(26)28/h5-10,19H,1-4H3. The van der Waals surface area contributed by atoms with Crippen molar-refractivity contribution in [1.82, 2.24) is 10.2 Å². The Bertz CT molecular complexity index is 1460. The van der Waals surface area contributed by atoms with Gasteiger partial charge in [-0.05, 0) is 37.3 Å². The molecule has 1 unspecified atom stereocenters. The first-order chi connectivity index (χ1) is 16.0. The van der Waals surface area contributed by atoms with Crippen molar-refractivity contribution >= 4 is 33.3 Å². The smallest absolute Gasteiger partial charge is 0.297 e. The maximum absolute atomic E-state index is 13.7. The van der Waals surface area contributed by atoms with Crippen LogP contribution >= 0.6 is 11.3 Å². The maximum atomic E-state index is 13.7. The molecule has 0 saturated heterocycles. The molecule has 0 bridgehead atoms. The zero-order valence-electron chi connectivity index (χ0n) is 18.2. The van der Waals surface area contributed by atoms with E-state index < -0.39 is 11.9 Å². The highest BCUT2D eigenvalue weighted by molar-refractivity contribution is 7.15. The molecule has 0 saturated carbocycles. The Morgan fingerprint density at radius 1 is 0.970 bits per heavy atom. The molecule has 0 N–H and O–H groups in total. The predicted molar refractivity (Wildman–Crippen MR) is 122 cm³/mol. The third-order valence-corrected chi connectivity index (χ3v) is 6.37. The minimum atomic E-state index is -0.840. The molecular formula is C23H19N3O6S. The second-order valence-electron chi connectivity index (χ2n) is 7.33. The third-order valence-electron chi connectivity index (χ3n) is 5.53. The molecule has 10 heteroatoms. The van der Waals surface area contributed by atoms with Gasteiger partial charge < -0.3 is 18.6 Å². The Morgan fingerprint density at radius 3 is 2.36 bits per heavy atom. The molecule has 0 aliphatic carbocycles. The highest BCUT2D eigenvalue weighted by Crippen LogP contribution is 2.45. The topological polar surface area (TPSA) is 104 Å². The molecule has 1 amide bonds. The molecule has 2 aromatic carbocycles. The molecule has 9 nitrogen and oxygen atoms in total. The molecule has 0 spiro atoms. The van der Waals surface area contributed by atoms with E-state index in [1.807, 2.05) is 0 Å². The van der Waals surface area contributed by atoms with Crippen LogP contribution in [0.3, 0.4) is 0 Å². The van der Waals surface area contributed by atoms with Crippen LogP contribution in [-0.2, 0) is 0 Å². The van der Waals surface area contributed by atoms with Crippen molar-refractivity contribution in [3.8, 4) is 17.2 Å². The van der Waals surface area contributed by atoms with Gasteiger partial charge >= 0.3 is 0 Å². The summed E-state index contributed by atoms with van der Waals surface area (Å²) in [4.78, 5) is 28.7. The summed E-state index contributed by atoms with van der Waals surface area (Å²) in [7, 11) is 4.58. The van der Waals surface area contributed by atoms with E-state index in [1.54, 1.807) is 50.4 Å². The molecular weight excluding hydrogens is 446 g/mol. The lowest BCUT2D eigenvalue weighted by atomic mass is 9.97. The van der Waals surface area contributed by atoms with E-state index in [0.717, 1.165) is 0 Å². The van der Waals surface area contributed by atoms with Crippen LogP contribution in [0, 0.1) is 6.92 Å². The number of nitrogens with zero attached hydrogens (tertiary/aromatic N) is 3. The van der Waals surface area contributed by atoms with E-state index in [-0.39, 0.29) is 22.3 Å². The number of fused-ring (bicyclic) bond motifs is 2. The lowest BCUT2D eigenvalue weighted by molar-refractivity contribution is 0.0970. The second kappa shape index (κ2) is 7.89. The van der Waals surface area contributed by atoms with Crippen LogP contribution in [0.15, 0.2) is 45.6 Å². The van der Waals surface area contributed by atoms with E-state index in [0.29, 0.717) is 38.3 Å². The van der Waals surface area contributed by atoms with Gasteiger partial charge in [-0.25, -0.2) is 0 Å². The summed E-state index contributed by atoms with van der Waals surface area (Å²) < 4.78 is 22.2. The van der Waals surface area contributed by atoms with Crippen LogP contribution in [0.1, 0.15) is 32.7 Å². The lowest BCUT2D eigenvalue weighted by Crippen LogP contribution is -2.29. The average molecular weight is 465 g/mol. The summed E-state index contributed by atoms with van der Waals surface area (Å²) >= 11 is 1.24. The number of carbonyl (C=O) groups is 1. The van der Waals surface area contributed by atoms with Gasteiger partial charge in [0.25, 0.3) is 5.91 Å². The Labute approximate surface area is 192 Å². The zero-order chi connectivity index (χ0) is 23.3. The Morgan fingerprint density at radius 2 is 1.70 bits per heavy atom. The number of rotatable bonds is 5. The van der Waals surface area contributed by atoms with E-state index in [1.165, 1.54) is 30.5 Å². The lowest BCUT2D eigenvalue weighted by Gasteiger charge is -2.24. The largest absolute Gasteiger partial charge is 0.497 e. The molecule has 33 heavy (non-hydrogen) atoms. The molecule has 0 fully saturated rings. The van der Waals surface area contributed by atoms with Crippen LogP contribution in [0.2, 0.25) is 0 Å². The molecule has 4 aromatic rings. The van der Waals surface area contributed by atoms with Gasteiger partial charge in [0, 0.05) is 11.6 Å². The Balaban J connectivity index is 1.84. The van der Waals surface area contributed by atoms with Crippen molar-refractivity contribution in [3.05, 3.63) is 68.5 Å². The minimum absolute atomic E-state index is 0.0523. The van der Waals surface area contributed by atoms with Gasteiger partial charge in [-0.3, -0.25) is 14.5 Å². The number of amides is 1. The van der Waals surface area contributed by atoms with Crippen molar-refractivity contribution < 1.29 is 23.4 Å². The number of ether oxygens (including phenoxy) is 3. The first-order valence-corrected chi connectivity index (χ1v) is 10.8. The van der Waals surface area contributed by atoms with Gasteiger partial charge in [0.2, 0.25) is 10.9 Å². The number of methoxy groups -OCH3 is 3. The molecule has 1 atom stereocenters. The molecule has 3 heterocycles. The van der Waals surface area contributed by atoms with Gasteiger partial charge in [-0.2, -0.15) is 0 Å². The van der Waals surface area contributed by atoms with E-state index >= 15 is 0 Å². The fraction of sp³-hybridized carbons (Fsp3) is 0.217. The molecule has 1 aliphatic rings. The van der Waals surface area contributed by atoms with Crippen LogP contribution in [0.25, 0.3) is 11.0 Å². The van der Waals surface area contributed by atoms with Crippen molar-refractivity contribution in [1.29, 1.82) is 0 Å². The van der Waals surface area contributed by atoms with Gasteiger partial charge in [-0.1, -0.05) is 11.3 Å². The summed E-state index contributed by atoms with van der Waals surface area (Å²) in [5.41, 5.74) is 0.716. The van der Waals surface area contributed by atoms with Crippen LogP contribution < -0.4 is 24.5 Å². The van der Waals surface area contributed by atoms with Crippen LogP contribution in [0.4, 0.5) is 5.13 Å². The molecule has 168 valence electrons. The summed E-state index contributed by atoms with van der Waals surface area (Å²) in [6.07, 6.45) is 0. The van der Waals surface area contributed by atoms with Gasteiger partial charge in [0.05, 0.1) is 32.3 Å². The monoisotopic (exact) mass is 465 g/mol. The van der Waals surface area contributed by atoms with E-state index in [4.69, 9.17) is 18.6 Å². The predicted octanol–water partition coefficient (Wildman–Crippen LogP) is 3.73. The molecule has 5 rings (SSSR count). The van der Waals surface area contributed by atoms with Crippen molar-refractivity contribution in [3.63, 3.8) is 0 Å². The normalized spacial score (nSPS) is 15.1. The van der Waals surface area contributed by atoms with E-state index in [9.17, 15) is 9.59 Å². The summed E-state index contributed by atoms with van der Waals surface area (Å²) in [6, 6.07) is 9.26. The van der Waals surface area contributed by atoms with E-state index in [2.05, 4.69) is 10.2 Å². The average Bonchev–Trinajstić information content (AvgIpc) is 3.39. The van der Waals surface area contributed by atoms with Gasteiger partial charge in [0.15, 0.2) is 5.43 Å². The first kappa shape index (κ1) is 21.0. The number of hydrogen-bond donors (Lipinski definition) is 0. The first-order valence-electron chi connectivity index (χ1n) is 9.97. The number of anilines is 1. The molecule has 1 aliphatic heterocycles. The summed E-state index contributed by atoms with van der Waals surface area (Å²) in [5, 5.41) is 9.59. The molecule has 0 radical (unpaired) electrons. The van der Waals surface area contributed by atoms with Crippen molar-refractivity contribution in [2.45, 2.75) is 13.0 Å². The minimum Gasteiger partial charge on any atom is -0.497 e. The summed E-state index contributed by atoms with van der Waals surface area (Å²) in [6.45, 7) is 1.79. The van der Waals surface area contributed by atoms with Gasteiger partial charge in [0.1, 0.15) is 33.9 Å². The quantitative estimate of drug-likeness (QED) is 0.439. The number of benzene rings is 2. The fourth-order valence-electron chi connectivity index (χ4n) is 4.01. The van der Waals surface area contributed by atoms with Crippen molar-refractivity contribution in [2.24, 2.45) is 0 Å². The highest BCUT2D eigenvalue weighted by atomic mass is 32.1. The number of hydrogen-bond acceptors (Lipinski definition) is 9. The Kier molecular flexibility index (Phi) is 5.01. The summed E-state index contributed by atoms with van der Waals surface area (Å²) in [5.74, 6) is 1.01.